The van der Waals surface area contributed by atoms with Gasteiger partial charge < -0.3 is 4.74 Å². The number of ether oxygens (including phenoxy) is 1. The van der Waals surface area contributed by atoms with Crippen LogP contribution >= 0.6 is 11.6 Å². The number of halogens is 1. The molecule has 0 amide bonds. The van der Waals surface area contributed by atoms with Crippen LogP contribution < -0.4 is 0 Å². The van der Waals surface area contributed by atoms with Gasteiger partial charge >= 0.3 is 5.43 Å². The molecular weight excluding hydrogens is 164 g/mol. The summed E-state index contributed by atoms with van der Waals surface area (Å²) >= 11 is 5.01. The van der Waals surface area contributed by atoms with Crippen molar-refractivity contribution in [1.82, 2.24) is 0 Å². The van der Waals surface area contributed by atoms with Gasteiger partial charge in [-0.1, -0.05) is 13.0 Å². The minimum Gasteiger partial charge on any atom is -0.415 e. The second-order valence-corrected chi connectivity index (χ2v) is 2.16. The molecule has 0 aliphatic carbocycles. The van der Waals surface area contributed by atoms with E-state index in [9.17, 15) is 4.79 Å². The molecule has 2 nitrogen and oxygen atoms in total. The van der Waals surface area contributed by atoms with Crippen molar-refractivity contribution in [3.8, 4) is 0 Å². The van der Waals surface area contributed by atoms with Gasteiger partial charge in [-0.05, 0) is 25.5 Å². The van der Waals surface area contributed by atoms with E-state index < -0.39 is 5.43 Å². The third-order valence-corrected chi connectivity index (χ3v) is 1.01. The molecule has 0 saturated heterocycles. The first-order valence-electron chi connectivity index (χ1n) is 3.40. The topological polar surface area (TPSA) is 26.3 Å². The molecule has 11 heavy (non-hydrogen) atoms. The Morgan fingerprint density at radius 1 is 1.64 bits per heavy atom. The molecule has 0 heterocycles. The van der Waals surface area contributed by atoms with Crippen LogP contribution in [-0.2, 0) is 4.74 Å². The van der Waals surface area contributed by atoms with Crippen molar-refractivity contribution in [3.05, 3.63) is 24.0 Å². The molecule has 0 bridgehead atoms. The summed E-state index contributed by atoms with van der Waals surface area (Å²) in [6, 6.07) is 0. The van der Waals surface area contributed by atoms with E-state index in [0.29, 0.717) is 5.76 Å². The smallest absolute Gasteiger partial charge is 0.409 e. The summed E-state index contributed by atoms with van der Waals surface area (Å²) in [7, 11) is 0. The highest BCUT2D eigenvalue weighted by Crippen LogP contribution is 2.04. The van der Waals surface area contributed by atoms with Gasteiger partial charge in [0.25, 0.3) is 0 Å². The van der Waals surface area contributed by atoms with Gasteiger partial charge in [-0.25, -0.2) is 4.79 Å². The van der Waals surface area contributed by atoms with Gasteiger partial charge in [0, 0.05) is 11.6 Å². The van der Waals surface area contributed by atoms with Crippen LogP contribution in [0.25, 0.3) is 0 Å². The van der Waals surface area contributed by atoms with Crippen LogP contribution in [0.15, 0.2) is 24.0 Å². The summed E-state index contributed by atoms with van der Waals surface area (Å²) in [5.41, 5.74) is -0.803. The number of hydrogen-bond acceptors (Lipinski definition) is 2. The van der Waals surface area contributed by atoms with E-state index in [-0.39, 0.29) is 0 Å². The third kappa shape index (κ3) is 5.67. The molecule has 0 fully saturated rings. The lowest BCUT2D eigenvalue weighted by Crippen LogP contribution is -1.91. The zero-order chi connectivity index (χ0) is 8.69. The summed E-state index contributed by atoms with van der Waals surface area (Å²) in [5.74, 6) is 0.495. The van der Waals surface area contributed by atoms with Crippen LogP contribution in [0.1, 0.15) is 20.3 Å². The Balaban J connectivity index is 4.11. The van der Waals surface area contributed by atoms with Gasteiger partial charge in [-0.3, -0.25) is 0 Å². The van der Waals surface area contributed by atoms with Crippen LogP contribution in [0.2, 0.25) is 0 Å². The average molecular weight is 175 g/mol. The predicted octanol–water partition coefficient (Wildman–Crippen LogP) is 3.23. The first-order chi connectivity index (χ1) is 5.20. The van der Waals surface area contributed by atoms with Gasteiger partial charge in [-0.15, -0.1) is 0 Å². The first-order valence-corrected chi connectivity index (χ1v) is 3.78. The molecule has 0 rings (SSSR count). The largest absolute Gasteiger partial charge is 0.415 e. The molecule has 0 saturated carbocycles. The Hall–Kier alpha value is -0.760. The molecule has 0 aromatic carbocycles. The third-order valence-electron chi connectivity index (χ3n) is 0.934. The Labute approximate surface area is 71.5 Å². The highest BCUT2D eigenvalue weighted by Gasteiger charge is 1.97. The van der Waals surface area contributed by atoms with Crippen molar-refractivity contribution in [2.24, 2.45) is 0 Å². The molecule has 0 N–H and O–H groups in total. The lowest BCUT2D eigenvalue weighted by atomic mass is 10.3. The zero-order valence-corrected chi connectivity index (χ0v) is 7.39. The van der Waals surface area contributed by atoms with E-state index in [4.69, 9.17) is 11.6 Å². The summed E-state index contributed by atoms with van der Waals surface area (Å²) in [6.07, 6.45) is 6.05. The molecule has 0 atom stereocenters. The van der Waals surface area contributed by atoms with Gasteiger partial charge in [0.2, 0.25) is 0 Å². The standard InChI is InChI=1S/C8H11ClO2/c1-3-5-7(6-4-2)11-8(9)10/h3,5-6H,4H2,1-2H3/b5-3-,7-6+. The molecule has 0 aliphatic heterocycles. The van der Waals surface area contributed by atoms with Crippen LogP contribution in [-0.4, -0.2) is 5.43 Å². The van der Waals surface area contributed by atoms with Gasteiger partial charge in [0.15, 0.2) is 0 Å². The van der Waals surface area contributed by atoms with E-state index in [1.807, 2.05) is 13.8 Å². The number of carbonyl (C=O) groups excluding carboxylic acids is 1. The Morgan fingerprint density at radius 2 is 2.27 bits per heavy atom. The van der Waals surface area contributed by atoms with Gasteiger partial charge in [0.05, 0.1) is 0 Å². The molecule has 3 heteroatoms. The quantitative estimate of drug-likeness (QED) is 0.373. The molecule has 62 valence electrons. The van der Waals surface area contributed by atoms with E-state index in [1.165, 1.54) is 0 Å². The van der Waals surface area contributed by atoms with Crippen molar-refractivity contribution >= 4 is 17.0 Å². The summed E-state index contributed by atoms with van der Waals surface area (Å²) in [6.45, 7) is 3.79. The van der Waals surface area contributed by atoms with E-state index in [0.717, 1.165) is 6.42 Å². The molecule has 0 spiro atoms. The highest BCUT2D eigenvalue weighted by molar-refractivity contribution is 6.61. The Kier molecular flexibility index (Phi) is 5.57. The molecule has 0 aliphatic rings. The Morgan fingerprint density at radius 3 is 2.64 bits per heavy atom. The molecule has 0 aromatic heterocycles. The van der Waals surface area contributed by atoms with Gasteiger partial charge in [0.1, 0.15) is 5.76 Å². The van der Waals surface area contributed by atoms with E-state index >= 15 is 0 Å². The average Bonchev–Trinajstić information content (AvgIpc) is 1.87. The van der Waals surface area contributed by atoms with Crippen LogP contribution in [0, 0.1) is 0 Å². The van der Waals surface area contributed by atoms with Crippen molar-refractivity contribution in [2.75, 3.05) is 0 Å². The van der Waals surface area contributed by atoms with E-state index in [2.05, 4.69) is 4.74 Å². The minimum absolute atomic E-state index is 0.495. The van der Waals surface area contributed by atoms with Crippen molar-refractivity contribution in [3.63, 3.8) is 0 Å². The number of rotatable bonds is 3. The maximum Gasteiger partial charge on any atom is 0.409 e. The molecule has 0 aromatic rings. The normalized spacial score (nSPS) is 12.1. The zero-order valence-electron chi connectivity index (χ0n) is 6.63. The molecule has 0 unspecified atom stereocenters. The Bertz CT molecular complexity index is 183. The molecule has 0 radical (unpaired) electrons. The fourth-order valence-corrected chi connectivity index (χ4v) is 0.691. The fraction of sp³-hybridized carbons (Fsp3) is 0.375. The fourth-order valence-electron chi connectivity index (χ4n) is 0.602. The van der Waals surface area contributed by atoms with Crippen molar-refractivity contribution < 1.29 is 9.53 Å². The maximum absolute atomic E-state index is 10.3. The van der Waals surface area contributed by atoms with Crippen LogP contribution in [0.4, 0.5) is 4.79 Å². The first kappa shape index (κ1) is 10.2. The lowest BCUT2D eigenvalue weighted by molar-refractivity contribution is 0.206. The highest BCUT2D eigenvalue weighted by atomic mass is 35.5. The minimum atomic E-state index is -0.803. The van der Waals surface area contributed by atoms with Crippen LogP contribution in [0.5, 0.6) is 0 Å². The lowest BCUT2D eigenvalue weighted by Gasteiger charge is -1.98. The summed E-state index contributed by atoms with van der Waals surface area (Å²) in [4.78, 5) is 10.3. The SMILES string of the molecule is C/C=C\C(=C/CC)OC(=O)Cl. The monoisotopic (exact) mass is 174 g/mol. The number of hydrogen-bond donors (Lipinski definition) is 0. The molecular formula is C8H11ClO2. The predicted molar refractivity (Wildman–Crippen MR) is 45.5 cm³/mol. The van der Waals surface area contributed by atoms with Crippen molar-refractivity contribution in [1.29, 1.82) is 0 Å². The summed E-state index contributed by atoms with van der Waals surface area (Å²) in [5, 5.41) is 0. The van der Waals surface area contributed by atoms with Crippen molar-refractivity contribution in [2.45, 2.75) is 20.3 Å². The number of allylic oxidation sites excluding steroid dienone is 3. The second-order valence-electron chi connectivity index (χ2n) is 1.85. The summed E-state index contributed by atoms with van der Waals surface area (Å²) < 4.78 is 4.63. The maximum atomic E-state index is 10.3. The van der Waals surface area contributed by atoms with E-state index in [1.54, 1.807) is 18.2 Å². The second kappa shape index (κ2) is 5.98. The van der Waals surface area contributed by atoms with Gasteiger partial charge in [-0.2, -0.15) is 0 Å². The van der Waals surface area contributed by atoms with Crippen LogP contribution in [0.3, 0.4) is 0 Å². The number of carbonyl (C=O) groups is 1.